The lowest BCUT2D eigenvalue weighted by Gasteiger charge is -1.93. The van der Waals surface area contributed by atoms with E-state index in [1.807, 2.05) is 0 Å². The molecule has 0 saturated heterocycles. The molecular formula is C6H8N4O3. The van der Waals surface area contributed by atoms with Gasteiger partial charge in [-0.25, -0.2) is 5.43 Å². The number of hydrogen-bond donors (Lipinski definition) is 1. The van der Waals surface area contributed by atoms with Gasteiger partial charge < -0.3 is 9.15 Å². The van der Waals surface area contributed by atoms with Crippen LogP contribution < -0.4 is 5.43 Å². The molecule has 0 aromatic carbocycles. The van der Waals surface area contributed by atoms with Gasteiger partial charge in [0.2, 0.25) is 6.39 Å². The Balaban J connectivity index is 2.34. The molecule has 0 radical (unpaired) electrons. The smallest absolute Gasteiger partial charge is 0.328 e. The van der Waals surface area contributed by atoms with Crippen molar-refractivity contribution < 1.29 is 13.9 Å². The molecule has 0 aliphatic carbocycles. The Labute approximate surface area is 73.8 Å². The van der Waals surface area contributed by atoms with Crippen LogP contribution in [0.4, 0.5) is 0 Å². The summed E-state index contributed by atoms with van der Waals surface area (Å²) in [6.07, 6.45) is 2.18. The zero-order valence-corrected chi connectivity index (χ0v) is 6.93. The van der Waals surface area contributed by atoms with Crippen molar-refractivity contribution in [1.82, 2.24) is 15.6 Å². The molecule has 1 amide bonds. The molecule has 0 unspecified atom stereocenters. The fraction of sp³-hybridized carbons (Fsp3) is 0.333. The van der Waals surface area contributed by atoms with Gasteiger partial charge in [-0.15, -0.1) is 15.3 Å². The molecule has 7 heteroatoms. The van der Waals surface area contributed by atoms with Gasteiger partial charge in [0, 0.05) is 0 Å². The molecule has 1 N–H and O–H groups in total. The summed E-state index contributed by atoms with van der Waals surface area (Å²) in [5, 5.41) is 10.1. The Morgan fingerprint density at radius 2 is 2.77 bits per heavy atom. The van der Waals surface area contributed by atoms with Crippen molar-refractivity contribution in [2.45, 2.75) is 6.92 Å². The number of hydrazone groups is 1. The highest BCUT2D eigenvalue weighted by Crippen LogP contribution is 1.89. The molecule has 70 valence electrons. The second-order valence-electron chi connectivity index (χ2n) is 1.87. The fourth-order valence-corrected chi connectivity index (χ4v) is 0.517. The first-order valence-electron chi connectivity index (χ1n) is 3.54. The first-order valence-corrected chi connectivity index (χ1v) is 3.54. The van der Waals surface area contributed by atoms with Crippen LogP contribution in [0.2, 0.25) is 0 Å². The highest BCUT2D eigenvalue weighted by molar-refractivity contribution is 5.89. The van der Waals surface area contributed by atoms with Gasteiger partial charge in [0.15, 0.2) is 6.40 Å². The van der Waals surface area contributed by atoms with Crippen molar-refractivity contribution in [2.24, 2.45) is 5.10 Å². The quantitative estimate of drug-likeness (QED) is 0.397. The van der Waals surface area contributed by atoms with Crippen molar-refractivity contribution in [2.75, 3.05) is 6.61 Å². The number of carbonyl (C=O) groups excluding carboxylic acids is 1. The van der Waals surface area contributed by atoms with Gasteiger partial charge in [0.25, 0.3) is 0 Å². The summed E-state index contributed by atoms with van der Waals surface area (Å²) < 4.78 is 9.33. The second kappa shape index (κ2) is 4.86. The van der Waals surface area contributed by atoms with E-state index in [1.165, 1.54) is 0 Å². The van der Waals surface area contributed by atoms with Crippen molar-refractivity contribution in [3.05, 3.63) is 12.3 Å². The van der Waals surface area contributed by atoms with Crippen LogP contribution in [0.25, 0.3) is 0 Å². The third-order valence-electron chi connectivity index (χ3n) is 1.01. The maximum atomic E-state index is 11.0. The molecule has 0 fully saturated rings. The predicted octanol–water partition coefficient (Wildman–Crippen LogP) is -0.221. The molecule has 1 rings (SSSR count). The van der Waals surface area contributed by atoms with E-state index in [1.54, 1.807) is 6.92 Å². The van der Waals surface area contributed by atoms with E-state index in [2.05, 4.69) is 25.1 Å². The summed E-state index contributed by atoms with van der Waals surface area (Å²) in [4.78, 5) is 11.0. The van der Waals surface area contributed by atoms with Gasteiger partial charge in [-0.1, -0.05) is 0 Å². The monoisotopic (exact) mass is 184 g/mol. The van der Waals surface area contributed by atoms with Crippen molar-refractivity contribution >= 4 is 12.3 Å². The number of hydrogen-bond acceptors (Lipinski definition) is 6. The van der Waals surface area contributed by atoms with E-state index in [0.29, 0.717) is 6.61 Å². The van der Waals surface area contributed by atoms with E-state index in [4.69, 9.17) is 4.74 Å². The molecule has 7 nitrogen and oxygen atoms in total. The summed E-state index contributed by atoms with van der Waals surface area (Å²) in [5.41, 5.74) is 2.13. The molecule has 1 aromatic rings. The minimum absolute atomic E-state index is 0.145. The molecule has 13 heavy (non-hydrogen) atoms. The Kier molecular flexibility index (Phi) is 3.43. The number of nitrogens with zero attached hydrogens (tertiary/aromatic N) is 3. The number of nitrogens with one attached hydrogen (secondary N) is 1. The fourth-order valence-electron chi connectivity index (χ4n) is 0.517. The molecule has 0 atom stereocenters. The average molecular weight is 184 g/mol. The lowest BCUT2D eigenvalue weighted by molar-refractivity contribution is 0.0919. The van der Waals surface area contributed by atoms with Crippen LogP contribution in [0, 0.1) is 0 Å². The van der Waals surface area contributed by atoms with E-state index >= 15 is 0 Å². The zero-order chi connectivity index (χ0) is 9.52. The number of rotatable bonds is 4. The van der Waals surface area contributed by atoms with Gasteiger partial charge >= 0.3 is 11.8 Å². The molecule has 0 spiro atoms. The number of amides is 1. The molecule has 1 heterocycles. The van der Waals surface area contributed by atoms with Crippen molar-refractivity contribution in [3.8, 4) is 0 Å². The van der Waals surface area contributed by atoms with Gasteiger partial charge in [-0.05, 0) is 6.92 Å². The minimum atomic E-state index is -0.576. The van der Waals surface area contributed by atoms with Gasteiger partial charge in [0.1, 0.15) is 0 Å². The van der Waals surface area contributed by atoms with Crippen LogP contribution in [0.3, 0.4) is 0 Å². The van der Waals surface area contributed by atoms with E-state index < -0.39 is 5.91 Å². The van der Waals surface area contributed by atoms with Gasteiger partial charge in [0.05, 0.1) is 6.61 Å². The van der Waals surface area contributed by atoms with Crippen LogP contribution in [0.1, 0.15) is 17.6 Å². The lowest BCUT2D eigenvalue weighted by Crippen LogP contribution is -2.18. The van der Waals surface area contributed by atoms with Crippen LogP contribution in [-0.2, 0) is 4.74 Å². The van der Waals surface area contributed by atoms with Crippen LogP contribution in [0.5, 0.6) is 0 Å². The predicted molar refractivity (Wildman–Crippen MR) is 41.9 cm³/mol. The maximum absolute atomic E-state index is 11.0. The lowest BCUT2D eigenvalue weighted by atomic mass is 10.6. The standard InChI is InChI=1S/C6H8N4O3/c1-2-12-3-7-9-5(11)6-10-8-4-13-6/h3-4H,2H2,1H3,(H,9,11). The number of ether oxygens (including phenoxy) is 1. The SMILES string of the molecule is CCOC=NNC(=O)c1nnco1. The largest absolute Gasteiger partial charge is 0.482 e. The second-order valence-corrected chi connectivity index (χ2v) is 1.87. The Hall–Kier alpha value is -1.92. The zero-order valence-electron chi connectivity index (χ0n) is 6.93. The van der Waals surface area contributed by atoms with Crippen LogP contribution >= 0.6 is 0 Å². The number of aromatic nitrogens is 2. The molecule has 0 saturated carbocycles. The summed E-state index contributed by atoms with van der Waals surface area (Å²) in [7, 11) is 0. The summed E-state index contributed by atoms with van der Waals surface area (Å²) >= 11 is 0. The molecule has 0 bridgehead atoms. The Morgan fingerprint density at radius 3 is 3.38 bits per heavy atom. The highest BCUT2D eigenvalue weighted by atomic mass is 16.5. The van der Waals surface area contributed by atoms with E-state index in [0.717, 1.165) is 12.8 Å². The summed E-state index contributed by atoms with van der Waals surface area (Å²) in [5.74, 6) is -0.720. The average Bonchev–Trinajstić information content (AvgIpc) is 2.65. The Bertz CT molecular complexity index is 282. The van der Waals surface area contributed by atoms with E-state index in [9.17, 15) is 4.79 Å². The molecular weight excluding hydrogens is 176 g/mol. The molecule has 0 aliphatic heterocycles. The molecule has 0 aliphatic rings. The third-order valence-corrected chi connectivity index (χ3v) is 1.01. The first-order chi connectivity index (χ1) is 6.34. The summed E-state index contributed by atoms with van der Waals surface area (Å²) in [6.45, 7) is 2.28. The normalized spacial score (nSPS) is 10.2. The summed E-state index contributed by atoms with van der Waals surface area (Å²) in [6, 6.07) is 0. The van der Waals surface area contributed by atoms with Crippen molar-refractivity contribution in [1.29, 1.82) is 0 Å². The maximum Gasteiger partial charge on any atom is 0.328 e. The van der Waals surface area contributed by atoms with Crippen LogP contribution in [0.15, 0.2) is 15.9 Å². The van der Waals surface area contributed by atoms with Gasteiger partial charge in [-0.3, -0.25) is 4.79 Å². The van der Waals surface area contributed by atoms with Crippen molar-refractivity contribution in [3.63, 3.8) is 0 Å². The first kappa shape index (κ1) is 9.17. The molecule has 1 aromatic heterocycles. The number of carbonyl (C=O) groups is 1. The highest BCUT2D eigenvalue weighted by Gasteiger charge is 2.09. The Morgan fingerprint density at radius 1 is 1.92 bits per heavy atom. The minimum Gasteiger partial charge on any atom is -0.482 e. The van der Waals surface area contributed by atoms with Gasteiger partial charge in [-0.2, -0.15) is 0 Å². The third kappa shape index (κ3) is 2.89. The van der Waals surface area contributed by atoms with E-state index in [-0.39, 0.29) is 5.89 Å². The topological polar surface area (TPSA) is 89.6 Å². The van der Waals surface area contributed by atoms with Crippen LogP contribution in [-0.4, -0.2) is 29.1 Å².